The predicted molar refractivity (Wildman–Crippen MR) is 70.7 cm³/mol. The van der Waals surface area contributed by atoms with Gasteiger partial charge in [-0.1, -0.05) is 0 Å². The van der Waals surface area contributed by atoms with Crippen molar-refractivity contribution in [2.75, 3.05) is 32.1 Å². The van der Waals surface area contributed by atoms with Gasteiger partial charge in [-0.15, -0.1) is 0 Å². The van der Waals surface area contributed by atoms with Crippen LogP contribution in [-0.4, -0.2) is 49.1 Å². The number of hydrogen-bond acceptors (Lipinski definition) is 3. The molecule has 0 saturated heterocycles. The third-order valence-corrected chi connectivity index (χ3v) is 3.83. The minimum absolute atomic E-state index is 0.735. The molecule has 0 amide bonds. The van der Waals surface area contributed by atoms with E-state index >= 15 is 0 Å². The Morgan fingerprint density at radius 2 is 2.20 bits per heavy atom. The molecule has 15 heavy (non-hydrogen) atoms. The van der Waals surface area contributed by atoms with Crippen LogP contribution >= 0.6 is 11.8 Å². The summed E-state index contributed by atoms with van der Waals surface area (Å²) in [5.41, 5.74) is 0. The van der Waals surface area contributed by atoms with Gasteiger partial charge in [-0.05, 0) is 64.8 Å². The molecule has 1 atom stereocenters. The Labute approximate surface area is 99.2 Å². The molecule has 1 rings (SSSR count). The normalized spacial score (nSPS) is 18.4. The Bertz CT molecular complexity index is 160. The van der Waals surface area contributed by atoms with Crippen molar-refractivity contribution < 1.29 is 0 Å². The Hall–Kier alpha value is 0.270. The van der Waals surface area contributed by atoms with E-state index in [0.29, 0.717) is 0 Å². The van der Waals surface area contributed by atoms with Crippen LogP contribution in [0.2, 0.25) is 0 Å². The smallest absolute Gasteiger partial charge is 0.00717 e. The fourth-order valence-corrected chi connectivity index (χ4v) is 2.23. The summed E-state index contributed by atoms with van der Waals surface area (Å²) in [5, 5.41) is 3.56. The lowest BCUT2D eigenvalue weighted by Gasteiger charge is -2.24. The standard InChI is InChI=1S/C12H26N2S/c1-11(7-10-15-3)14(2)9-4-8-13-12-5-6-12/h11-13H,4-10H2,1-3H3. The van der Waals surface area contributed by atoms with E-state index in [-0.39, 0.29) is 0 Å². The maximum Gasteiger partial charge on any atom is 0.00717 e. The molecule has 1 saturated carbocycles. The molecule has 0 aliphatic heterocycles. The molecular formula is C12H26N2S. The fraction of sp³-hybridized carbons (Fsp3) is 1.00. The molecule has 1 fully saturated rings. The molecule has 0 bridgehead atoms. The lowest BCUT2D eigenvalue weighted by atomic mass is 10.2. The Kier molecular flexibility index (Phi) is 6.69. The van der Waals surface area contributed by atoms with Gasteiger partial charge in [-0.25, -0.2) is 0 Å². The van der Waals surface area contributed by atoms with E-state index in [9.17, 15) is 0 Å². The largest absolute Gasteiger partial charge is 0.314 e. The van der Waals surface area contributed by atoms with Crippen molar-refractivity contribution >= 4 is 11.8 Å². The summed E-state index contributed by atoms with van der Waals surface area (Å²) in [6, 6.07) is 1.60. The maximum atomic E-state index is 3.56. The van der Waals surface area contributed by atoms with Crippen LogP contribution in [0, 0.1) is 0 Å². The van der Waals surface area contributed by atoms with Crippen LogP contribution in [0.4, 0.5) is 0 Å². The summed E-state index contributed by atoms with van der Waals surface area (Å²) in [6.07, 6.45) is 7.59. The van der Waals surface area contributed by atoms with Crippen molar-refractivity contribution in [3.05, 3.63) is 0 Å². The molecule has 90 valence electrons. The lowest BCUT2D eigenvalue weighted by Crippen LogP contribution is -2.32. The third-order valence-electron chi connectivity index (χ3n) is 3.19. The highest BCUT2D eigenvalue weighted by atomic mass is 32.2. The molecule has 1 aliphatic rings. The fourth-order valence-electron chi connectivity index (χ4n) is 1.65. The molecule has 0 aromatic carbocycles. The topological polar surface area (TPSA) is 15.3 Å². The van der Waals surface area contributed by atoms with Crippen LogP contribution in [0.1, 0.15) is 32.6 Å². The Morgan fingerprint density at radius 3 is 2.80 bits per heavy atom. The number of thioether (sulfide) groups is 1. The summed E-state index contributed by atoms with van der Waals surface area (Å²) in [6.45, 7) is 4.77. The molecule has 0 aromatic rings. The van der Waals surface area contributed by atoms with Crippen LogP contribution < -0.4 is 5.32 Å². The second kappa shape index (κ2) is 7.53. The van der Waals surface area contributed by atoms with Gasteiger partial charge in [-0.2, -0.15) is 11.8 Å². The zero-order valence-corrected chi connectivity index (χ0v) is 11.3. The third kappa shape index (κ3) is 6.44. The van der Waals surface area contributed by atoms with Gasteiger partial charge in [0.25, 0.3) is 0 Å². The molecule has 0 spiro atoms. The first-order valence-corrected chi connectivity index (χ1v) is 7.56. The monoisotopic (exact) mass is 230 g/mol. The molecule has 0 aromatic heterocycles. The molecule has 1 N–H and O–H groups in total. The van der Waals surface area contributed by atoms with E-state index in [1.807, 2.05) is 11.8 Å². The Morgan fingerprint density at radius 1 is 1.47 bits per heavy atom. The molecule has 0 heterocycles. The van der Waals surface area contributed by atoms with Gasteiger partial charge in [0.05, 0.1) is 0 Å². The Balaban J connectivity index is 1.92. The first-order chi connectivity index (χ1) is 7.24. The number of nitrogens with zero attached hydrogens (tertiary/aromatic N) is 1. The van der Waals surface area contributed by atoms with Gasteiger partial charge in [0.15, 0.2) is 0 Å². The highest BCUT2D eigenvalue weighted by Gasteiger charge is 2.19. The average molecular weight is 230 g/mol. The van der Waals surface area contributed by atoms with E-state index in [0.717, 1.165) is 12.1 Å². The van der Waals surface area contributed by atoms with Gasteiger partial charge >= 0.3 is 0 Å². The summed E-state index contributed by atoms with van der Waals surface area (Å²) in [4.78, 5) is 2.49. The molecule has 1 aliphatic carbocycles. The van der Waals surface area contributed by atoms with Gasteiger partial charge < -0.3 is 10.2 Å². The molecule has 3 heteroatoms. The summed E-state index contributed by atoms with van der Waals surface area (Å²) in [7, 11) is 2.25. The SMILES string of the molecule is CSCCC(C)N(C)CCCNC1CC1. The molecule has 0 radical (unpaired) electrons. The van der Waals surface area contributed by atoms with Crippen molar-refractivity contribution in [3.8, 4) is 0 Å². The molecule has 2 nitrogen and oxygen atoms in total. The summed E-state index contributed by atoms with van der Waals surface area (Å²) < 4.78 is 0. The van der Waals surface area contributed by atoms with Gasteiger partial charge in [0.2, 0.25) is 0 Å². The number of rotatable bonds is 9. The van der Waals surface area contributed by atoms with Crippen molar-refractivity contribution in [2.45, 2.75) is 44.7 Å². The first-order valence-electron chi connectivity index (χ1n) is 6.16. The number of nitrogens with one attached hydrogen (secondary N) is 1. The van der Waals surface area contributed by atoms with Crippen LogP contribution in [0.15, 0.2) is 0 Å². The van der Waals surface area contributed by atoms with Crippen LogP contribution in [0.5, 0.6) is 0 Å². The van der Waals surface area contributed by atoms with Crippen molar-refractivity contribution in [3.63, 3.8) is 0 Å². The second-order valence-electron chi connectivity index (χ2n) is 4.69. The van der Waals surface area contributed by atoms with Crippen LogP contribution in [-0.2, 0) is 0 Å². The van der Waals surface area contributed by atoms with Gasteiger partial charge in [0.1, 0.15) is 0 Å². The van der Waals surface area contributed by atoms with Crippen molar-refractivity contribution in [2.24, 2.45) is 0 Å². The summed E-state index contributed by atoms with van der Waals surface area (Å²) >= 11 is 1.95. The van der Waals surface area contributed by atoms with E-state index in [4.69, 9.17) is 0 Å². The van der Waals surface area contributed by atoms with Crippen LogP contribution in [0.25, 0.3) is 0 Å². The van der Waals surface area contributed by atoms with Gasteiger partial charge in [0, 0.05) is 12.1 Å². The van der Waals surface area contributed by atoms with Crippen LogP contribution in [0.3, 0.4) is 0 Å². The van der Waals surface area contributed by atoms with Crippen molar-refractivity contribution in [1.29, 1.82) is 0 Å². The average Bonchev–Trinajstić information content (AvgIpc) is 3.04. The van der Waals surface area contributed by atoms with E-state index in [1.165, 1.54) is 44.5 Å². The zero-order chi connectivity index (χ0) is 11.1. The van der Waals surface area contributed by atoms with E-state index in [1.54, 1.807) is 0 Å². The second-order valence-corrected chi connectivity index (χ2v) is 5.68. The maximum absolute atomic E-state index is 3.56. The minimum Gasteiger partial charge on any atom is -0.314 e. The molecule has 1 unspecified atom stereocenters. The zero-order valence-electron chi connectivity index (χ0n) is 10.5. The van der Waals surface area contributed by atoms with Gasteiger partial charge in [-0.3, -0.25) is 0 Å². The first kappa shape index (κ1) is 13.3. The van der Waals surface area contributed by atoms with E-state index < -0.39 is 0 Å². The predicted octanol–water partition coefficient (Wildman–Crippen LogP) is 2.20. The van der Waals surface area contributed by atoms with Crippen molar-refractivity contribution in [1.82, 2.24) is 10.2 Å². The number of hydrogen-bond donors (Lipinski definition) is 1. The highest BCUT2D eigenvalue weighted by molar-refractivity contribution is 7.98. The molecular weight excluding hydrogens is 204 g/mol. The lowest BCUT2D eigenvalue weighted by molar-refractivity contribution is 0.249. The van der Waals surface area contributed by atoms with E-state index in [2.05, 4.69) is 30.4 Å². The quantitative estimate of drug-likeness (QED) is 0.611. The summed E-state index contributed by atoms with van der Waals surface area (Å²) in [5.74, 6) is 1.28. The minimum atomic E-state index is 0.735. The highest BCUT2D eigenvalue weighted by Crippen LogP contribution is 2.18.